The Morgan fingerprint density at radius 1 is 0.852 bits per heavy atom. The Balaban J connectivity index is 1.37. The Hall–Kier alpha value is -2.77. The molecule has 3 aromatic rings. The van der Waals surface area contributed by atoms with Crippen molar-refractivity contribution in [2.45, 2.75) is 27.3 Å². The Kier molecular flexibility index (Phi) is 3.73. The lowest BCUT2D eigenvalue weighted by Crippen LogP contribution is -2.30. The fraction of sp³-hybridized carbons (Fsp3) is 0.526. The van der Waals surface area contributed by atoms with Crippen molar-refractivity contribution in [2.75, 3.05) is 36.0 Å². The van der Waals surface area contributed by atoms with Gasteiger partial charge in [0.1, 0.15) is 18.5 Å². The second-order valence-electron chi connectivity index (χ2n) is 7.64. The van der Waals surface area contributed by atoms with Crippen LogP contribution in [0.3, 0.4) is 0 Å². The fourth-order valence-corrected chi connectivity index (χ4v) is 4.51. The lowest BCUT2D eigenvalue weighted by Gasteiger charge is -2.24. The second-order valence-corrected chi connectivity index (χ2v) is 7.64. The molecule has 8 nitrogen and oxygen atoms in total. The SMILES string of the molecule is CCn1cnc2c(N3CC4CN(c5ncnc(C)c5C)CC4C3)ncnc21. The highest BCUT2D eigenvalue weighted by Gasteiger charge is 2.41. The first kappa shape index (κ1) is 16.4. The predicted molar refractivity (Wildman–Crippen MR) is 104 cm³/mol. The van der Waals surface area contributed by atoms with Gasteiger partial charge in [-0.25, -0.2) is 24.9 Å². The number of aryl methyl sites for hydroxylation is 2. The van der Waals surface area contributed by atoms with Crippen LogP contribution >= 0.6 is 0 Å². The number of anilines is 2. The highest BCUT2D eigenvalue weighted by Crippen LogP contribution is 2.37. The molecule has 0 bridgehead atoms. The van der Waals surface area contributed by atoms with Gasteiger partial charge in [0.05, 0.1) is 6.33 Å². The smallest absolute Gasteiger partial charge is 0.165 e. The minimum absolute atomic E-state index is 0.623. The van der Waals surface area contributed by atoms with Crippen molar-refractivity contribution < 1.29 is 0 Å². The number of nitrogens with zero attached hydrogens (tertiary/aromatic N) is 8. The van der Waals surface area contributed by atoms with E-state index in [-0.39, 0.29) is 0 Å². The third-order valence-corrected chi connectivity index (χ3v) is 6.12. The molecule has 8 heteroatoms. The minimum atomic E-state index is 0.623. The third kappa shape index (κ3) is 2.54. The van der Waals surface area contributed by atoms with Crippen molar-refractivity contribution >= 4 is 22.8 Å². The van der Waals surface area contributed by atoms with Gasteiger partial charge in [0, 0.05) is 55.8 Å². The van der Waals surface area contributed by atoms with Crippen LogP contribution in [0.2, 0.25) is 0 Å². The van der Waals surface area contributed by atoms with Crippen LogP contribution in [0.15, 0.2) is 19.0 Å². The van der Waals surface area contributed by atoms with Crippen LogP contribution in [-0.4, -0.2) is 55.7 Å². The van der Waals surface area contributed by atoms with Crippen molar-refractivity contribution in [1.29, 1.82) is 0 Å². The number of hydrogen-bond acceptors (Lipinski definition) is 7. The summed E-state index contributed by atoms with van der Waals surface area (Å²) in [6.45, 7) is 11.2. The van der Waals surface area contributed by atoms with E-state index in [9.17, 15) is 0 Å². The highest BCUT2D eigenvalue weighted by molar-refractivity contribution is 5.83. The Labute approximate surface area is 158 Å². The molecule has 2 aliphatic rings. The van der Waals surface area contributed by atoms with Crippen molar-refractivity contribution in [3.05, 3.63) is 30.2 Å². The van der Waals surface area contributed by atoms with Gasteiger partial charge < -0.3 is 14.4 Å². The predicted octanol–water partition coefficient (Wildman–Crippen LogP) is 1.83. The molecular formula is C19H24N8. The third-order valence-electron chi connectivity index (χ3n) is 6.12. The zero-order valence-corrected chi connectivity index (χ0v) is 16.0. The van der Waals surface area contributed by atoms with Gasteiger partial charge >= 0.3 is 0 Å². The van der Waals surface area contributed by atoms with Gasteiger partial charge in [0.2, 0.25) is 0 Å². The first-order chi connectivity index (χ1) is 13.2. The topological polar surface area (TPSA) is 75.9 Å². The van der Waals surface area contributed by atoms with Crippen LogP contribution in [0.4, 0.5) is 11.6 Å². The standard InChI is InChI=1S/C19H24N8/c1-4-25-11-24-16-18(25)22-10-23-19(16)27-7-14-5-26(6-15(14)8-27)17-12(2)13(3)20-9-21-17/h9-11,14-15H,4-8H2,1-3H3. The molecule has 2 atom stereocenters. The normalized spacial score (nSPS) is 22.0. The summed E-state index contributed by atoms with van der Waals surface area (Å²) >= 11 is 0. The minimum Gasteiger partial charge on any atom is -0.356 e. The lowest BCUT2D eigenvalue weighted by atomic mass is 10.0. The van der Waals surface area contributed by atoms with E-state index in [2.05, 4.69) is 60.1 Å². The van der Waals surface area contributed by atoms with Gasteiger partial charge in [-0.1, -0.05) is 0 Å². The lowest BCUT2D eigenvalue weighted by molar-refractivity contribution is 0.533. The summed E-state index contributed by atoms with van der Waals surface area (Å²) in [4.78, 5) is 27.2. The molecule has 2 saturated heterocycles. The van der Waals surface area contributed by atoms with E-state index in [1.165, 1.54) is 5.56 Å². The molecule has 0 radical (unpaired) electrons. The van der Waals surface area contributed by atoms with Gasteiger partial charge in [-0.15, -0.1) is 0 Å². The van der Waals surface area contributed by atoms with E-state index in [4.69, 9.17) is 0 Å². The second kappa shape index (κ2) is 6.14. The molecule has 140 valence electrons. The zero-order chi connectivity index (χ0) is 18.5. The first-order valence-corrected chi connectivity index (χ1v) is 9.59. The molecule has 5 heterocycles. The summed E-state index contributed by atoms with van der Waals surface area (Å²) < 4.78 is 2.07. The van der Waals surface area contributed by atoms with Crippen LogP contribution in [0.25, 0.3) is 11.2 Å². The number of fused-ring (bicyclic) bond motifs is 2. The fourth-order valence-electron chi connectivity index (χ4n) is 4.51. The van der Waals surface area contributed by atoms with E-state index < -0.39 is 0 Å². The molecule has 0 aromatic carbocycles. The molecule has 5 rings (SSSR count). The molecule has 0 N–H and O–H groups in total. The summed E-state index contributed by atoms with van der Waals surface area (Å²) in [5.74, 6) is 3.31. The summed E-state index contributed by atoms with van der Waals surface area (Å²) in [7, 11) is 0. The Morgan fingerprint density at radius 2 is 1.48 bits per heavy atom. The van der Waals surface area contributed by atoms with Gasteiger partial charge in [-0.05, 0) is 20.8 Å². The molecule has 2 fully saturated rings. The molecule has 2 aliphatic heterocycles. The monoisotopic (exact) mass is 364 g/mol. The van der Waals surface area contributed by atoms with E-state index in [1.807, 2.05) is 6.33 Å². The van der Waals surface area contributed by atoms with Crippen LogP contribution in [-0.2, 0) is 6.54 Å². The molecule has 0 amide bonds. The Morgan fingerprint density at radius 3 is 2.19 bits per heavy atom. The number of rotatable bonds is 3. The van der Waals surface area contributed by atoms with Crippen LogP contribution < -0.4 is 9.80 Å². The van der Waals surface area contributed by atoms with E-state index >= 15 is 0 Å². The molecule has 0 saturated carbocycles. The number of hydrogen-bond donors (Lipinski definition) is 0. The van der Waals surface area contributed by atoms with E-state index in [1.54, 1.807) is 12.7 Å². The number of imidazole rings is 1. The van der Waals surface area contributed by atoms with Gasteiger partial charge in [0.15, 0.2) is 17.0 Å². The van der Waals surface area contributed by atoms with Crippen LogP contribution in [0.5, 0.6) is 0 Å². The molecule has 0 spiro atoms. The van der Waals surface area contributed by atoms with Crippen LogP contribution in [0, 0.1) is 25.7 Å². The largest absolute Gasteiger partial charge is 0.356 e. The average Bonchev–Trinajstić information content (AvgIpc) is 3.36. The molecular weight excluding hydrogens is 340 g/mol. The molecule has 2 unspecified atom stereocenters. The maximum absolute atomic E-state index is 4.58. The van der Waals surface area contributed by atoms with E-state index in [0.29, 0.717) is 11.8 Å². The van der Waals surface area contributed by atoms with Crippen molar-refractivity contribution in [2.24, 2.45) is 11.8 Å². The Bertz CT molecular complexity index is 983. The number of aromatic nitrogens is 6. The zero-order valence-electron chi connectivity index (χ0n) is 16.0. The molecule has 27 heavy (non-hydrogen) atoms. The maximum Gasteiger partial charge on any atom is 0.165 e. The summed E-state index contributed by atoms with van der Waals surface area (Å²) in [5, 5.41) is 0. The van der Waals surface area contributed by atoms with Crippen molar-refractivity contribution in [3.63, 3.8) is 0 Å². The van der Waals surface area contributed by atoms with Crippen molar-refractivity contribution in [3.8, 4) is 0 Å². The quantitative estimate of drug-likeness (QED) is 0.702. The first-order valence-electron chi connectivity index (χ1n) is 9.59. The molecule has 0 aliphatic carbocycles. The summed E-state index contributed by atoms with van der Waals surface area (Å²) in [5.41, 5.74) is 4.09. The highest BCUT2D eigenvalue weighted by atomic mass is 15.3. The van der Waals surface area contributed by atoms with Gasteiger partial charge in [-0.2, -0.15) is 0 Å². The summed E-state index contributed by atoms with van der Waals surface area (Å²) in [6, 6.07) is 0. The molecule has 3 aromatic heterocycles. The maximum atomic E-state index is 4.58. The van der Waals surface area contributed by atoms with E-state index in [0.717, 1.165) is 61.2 Å². The summed E-state index contributed by atoms with van der Waals surface area (Å²) in [6.07, 6.45) is 5.21. The van der Waals surface area contributed by atoms with Gasteiger partial charge in [0.25, 0.3) is 0 Å². The average molecular weight is 364 g/mol. The van der Waals surface area contributed by atoms with Gasteiger partial charge in [-0.3, -0.25) is 0 Å². The van der Waals surface area contributed by atoms with Crippen LogP contribution in [0.1, 0.15) is 18.2 Å². The van der Waals surface area contributed by atoms with Crippen molar-refractivity contribution in [1.82, 2.24) is 29.5 Å².